The van der Waals surface area contributed by atoms with Crippen LogP contribution in [0.2, 0.25) is 0 Å². The number of nitrogens with one attached hydrogen (secondary N) is 1. The molecule has 142 valence electrons. The van der Waals surface area contributed by atoms with Crippen LogP contribution in [0.1, 0.15) is 27.2 Å². The molecule has 5 nitrogen and oxygen atoms in total. The number of aromatic amines is 1. The molecule has 0 spiro atoms. The predicted octanol–water partition coefficient (Wildman–Crippen LogP) is 4.20. The van der Waals surface area contributed by atoms with Crippen molar-refractivity contribution in [2.24, 2.45) is 0 Å². The summed E-state index contributed by atoms with van der Waals surface area (Å²) in [6, 6.07) is 13.4. The van der Waals surface area contributed by atoms with Gasteiger partial charge in [0.15, 0.2) is 0 Å². The van der Waals surface area contributed by atoms with Crippen LogP contribution in [0.3, 0.4) is 0 Å². The van der Waals surface area contributed by atoms with Crippen LogP contribution in [-0.2, 0) is 0 Å². The fourth-order valence-electron chi connectivity index (χ4n) is 3.65. The van der Waals surface area contributed by atoms with Gasteiger partial charge in [0.25, 0.3) is 5.91 Å². The van der Waals surface area contributed by atoms with Gasteiger partial charge < -0.3 is 9.88 Å². The molecule has 0 unspecified atom stereocenters. The van der Waals surface area contributed by atoms with Crippen molar-refractivity contribution in [3.8, 4) is 0 Å². The van der Waals surface area contributed by atoms with Crippen molar-refractivity contribution < 1.29 is 9.18 Å². The van der Waals surface area contributed by atoms with Crippen LogP contribution >= 0.6 is 0 Å². The van der Waals surface area contributed by atoms with Crippen molar-refractivity contribution in [3.63, 3.8) is 0 Å². The molecule has 3 aromatic rings. The minimum atomic E-state index is -0.299. The molecular formula is C22H20FN3O2. The molecule has 0 atom stereocenters. The summed E-state index contributed by atoms with van der Waals surface area (Å²) >= 11 is 0. The predicted molar refractivity (Wildman–Crippen MR) is 108 cm³/mol. The highest BCUT2D eigenvalue weighted by Gasteiger charge is 2.32. The van der Waals surface area contributed by atoms with Crippen LogP contribution in [0, 0.1) is 26.6 Å². The number of aryl methyl sites for hydroxylation is 3. The zero-order valence-electron chi connectivity index (χ0n) is 15.9. The number of aromatic nitrogens is 1. The topological polar surface area (TPSA) is 56.4 Å². The molecule has 0 saturated carbocycles. The summed E-state index contributed by atoms with van der Waals surface area (Å²) in [6.45, 7) is 5.84. The van der Waals surface area contributed by atoms with Crippen molar-refractivity contribution >= 4 is 23.0 Å². The van der Waals surface area contributed by atoms with Crippen LogP contribution in [0.5, 0.6) is 0 Å². The first-order valence-corrected chi connectivity index (χ1v) is 9.01. The van der Waals surface area contributed by atoms with Crippen LogP contribution in [0.25, 0.3) is 0 Å². The van der Waals surface area contributed by atoms with Crippen molar-refractivity contribution in [2.75, 3.05) is 16.5 Å². The monoisotopic (exact) mass is 377 g/mol. The number of rotatable bonds is 2. The van der Waals surface area contributed by atoms with Gasteiger partial charge in [-0.3, -0.25) is 14.5 Å². The zero-order valence-corrected chi connectivity index (χ0v) is 15.9. The summed E-state index contributed by atoms with van der Waals surface area (Å²) in [7, 11) is 0. The van der Waals surface area contributed by atoms with E-state index in [2.05, 4.69) is 4.98 Å². The first-order valence-electron chi connectivity index (χ1n) is 9.01. The Kier molecular flexibility index (Phi) is 4.26. The Balaban J connectivity index is 1.90. The molecule has 0 aliphatic carbocycles. The minimum absolute atomic E-state index is 0.138. The zero-order chi connectivity index (χ0) is 20.0. The molecule has 1 aliphatic rings. The number of nitrogens with zero attached hydrogens (tertiary/aromatic N) is 2. The van der Waals surface area contributed by atoms with Gasteiger partial charge in [-0.05, 0) is 68.3 Å². The van der Waals surface area contributed by atoms with E-state index in [1.165, 1.54) is 18.2 Å². The number of benzene rings is 2. The number of amides is 1. The fourth-order valence-corrected chi connectivity index (χ4v) is 3.65. The SMILES string of the molecule is Cc1ccc2c(c1)N(c1ccc(F)cc1C)CN(c1ccc(=O)[nH]c1C)C2=O. The van der Waals surface area contributed by atoms with Crippen molar-refractivity contribution in [2.45, 2.75) is 20.8 Å². The second-order valence-corrected chi connectivity index (χ2v) is 7.09. The highest BCUT2D eigenvalue weighted by atomic mass is 19.1. The van der Waals surface area contributed by atoms with Gasteiger partial charge in [-0.25, -0.2) is 4.39 Å². The normalized spacial score (nSPS) is 13.6. The molecule has 1 N–H and O–H groups in total. The summed E-state index contributed by atoms with van der Waals surface area (Å²) in [5, 5.41) is 0. The molecule has 1 aromatic heterocycles. The van der Waals surface area contributed by atoms with E-state index in [1.54, 1.807) is 24.0 Å². The maximum atomic E-state index is 13.7. The van der Waals surface area contributed by atoms with E-state index >= 15 is 0 Å². The molecule has 2 heterocycles. The van der Waals surface area contributed by atoms with Crippen LogP contribution in [-0.4, -0.2) is 17.6 Å². The maximum absolute atomic E-state index is 13.7. The number of hydrogen-bond donors (Lipinski definition) is 1. The second kappa shape index (κ2) is 6.64. The Hall–Kier alpha value is -3.41. The fraction of sp³-hybridized carbons (Fsp3) is 0.182. The van der Waals surface area contributed by atoms with Gasteiger partial charge in [-0.2, -0.15) is 0 Å². The van der Waals surface area contributed by atoms with Gasteiger partial charge >= 0.3 is 0 Å². The van der Waals surface area contributed by atoms with E-state index in [9.17, 15) is 14.0 Å². The molecule has 6 heteroatoms. The molecule has 0 radical (unpaired) electrons. The third kappa shape index (κ3) is 2.97. The summed E-state index contributed by atoms with van der Waals surface area (Å²) in [5.74, 6) is -0.437. The molecule has 1 aliphatic heterocycles. The molecule has 1 amide bonds. The van der Waals surface area contributed by atoms with E-state index in [1.807, 2.05) is 36.9 Å². The van der Waals surface area contributed by atoms with E-state index in [0.29, 0.717) is 16.9 Å². The summed E-state index contributed by atoms with van der Waals surface area (Å²) in [6.07, 6.45) is 0. The lowest BCUT2D eigenvalue weighted by Gasteiger charge is -2.39. The van der Waals surface area contributed by atoms with Crippen molar-refractivity contribution in [1.29, 1.82) is 0 Å². The lowest BCUT2D eigenvalue weighted by molar-refractivity contribution is 0.0983. The third-order valence-corrected chi connectivity index (χ3v) is 5.03. The number of pyridine rings is 1. The average molecular weight is 377 g/mol. The molecular weight excluding hydrogens is 357 g/mol. The Labute approximate surface area is 162 Å². The highest BCUT2D eigenvalue weighted by Crippen LogP contribution is 2.38. The van der Waals surface area contributed by atoms with Gasteiger partial charge in [0.1, 0.15) is 12.5 Å². The maximum Gasteiger partial charge on any atom is 0.261 e. The molecule has 0 saturated heterocycles. The second-order valence-electron chi connectivity index (χ2n) is 7.09. The Morgan fingerprint density at radius 1 is 0.857 bits per heavy atom. The van der Waals surface area contributed by atoms with E-state index in [4.69, 9.17) is 0 Å². The van der Waals surface area contributed by atoms with Crippen LogP contribution < -0.4 is 15.4 Å². The Bertz CT molecular complexity index is 1150. The first kappa shape index (κ1) is 18.0. The van der Waals surface area contributed by atoms with Crippen molar-refractivity contribution in [1.82, 2.24) is 4.98 Å². The minimum Gasteiger partial charge on any atom is -0.324 e. The lowest BCUT2D eigenvalue weighted by atomic mass is 10.0. The first-order chi connectivity index (χ1) is 13.3. The lowest BCUT2D eigenvalue weighted by Crippen LogP contribution is -2.45. The molecule has 4 rings (SSSR count). The third-order valence-electron chi connectivity index (χ3n) is 5.03. The molecule has 28 heavy (non-hydrogen) atoms. The average Bonchev–Trinajstić information content (AvgIpc) is 2.63. The number of fused-ring (bicyclic) bond motifs is 1. The van der Waals surface area contributed by atoms with Gasteiger partial charge in [-0.1, -0.05) is 6.07 Å². The quantitative estimate of drug-likeness (QED) is 0.728. The summed E-state index contributed by atoms with van der Waals surface area (Å²) in [4.78, 5) is 31.2. The van der Waals surface area contributed by atoms with E-state index < -0.39 is 0 Å². The Morgan fingerprint density at radius 3 is 2.32 bits per heavy atom. The summed E-state index contributed by atoms with van der Waals surface area (Å²) in [5.41, 5.74) is 5.03. The number of H-pyrrole nitrogens is 1. The van der Waals surface area contributed by atoms with Gasteiger partial charge in [-0.15, -0.1) is 0 Å². The van der Waals surface area contributed by atoms with Crippen LogP contribution in [0.15, 0.2) is 53.3 Å². The smallest absolute Gasteiger partial charge is 0.261 e. The Morgan fingerprint density at radius 2 is 1.61 bits per heavy atom. The van der Waals surface area contributed by atoms with Crippen LogP contribution in [0.4, 0.5) is 21.5 Å². The largest absolute Gasteiger partial charge is 0.324 e. The number of anilines is 3. The molecule has 2 aromatic carbocycles. The summed E-state index contributed by atoms with van der Waals surface area (Å²) < 4.78 is 13.7. The van der Waals surface area contributed by atoms with Gasteiger partial charge in [0.05, 0.1) is 16.9 Å². The van der Waals surface area contributed by atoms with E-state index in [-0.39, 0.29) is 24.0 Å². The highest BCUT2D eigenvalue weighted by molar-refractivity contribution is 6.12. The number of carbonyl (C=O) groups excluding carboxylic acids is 1. The van der Waals surface area contributed by atoms with Gasteiger partial charge in [0, 0.05) is 17.4 Å². The molecule has 0 bridgehead atoms. The van der Waals surface area contributed by atoms with E-state index in [0.717, 1.165) is 22.5 Å². The number of carbonyl (C=O) groups is 1. The van der Waals surface area contributed by atoms with Gasteiger partial charge in [0.2, 0.25) is 5.56 Å². The number of hydrogen-bond acceptors (Lipinski definition) is 3. The number of halogens is 1. The van der Waals surface area contributed by atoms with Crippen molar-refractivity contribution in [3.05, 3.63) is 87.1 Å². The molecule has 0 fully saturated rings. The standard InChI is InChI=1S/C22H20FN3O2/c1-13-4-6-17-20(10-13)25(18-7-5-16(23)11-14(18)2)12-26(22(17)28)19-8-9-21(27)24-15(19)3/h4-11H,12H2,1-3H3,(H,24,27).